The summed E-state index contributed by atoms with van der Waals surface area (Å²) in [5, 5.41) is 10.6. The SMILES string of the molecule is CS(=O)(=O)c1nc2c(c(=O)[nH]1)CN(Cc1ccc3cccc(O)c3n1)CC2. The minimum Gasteiger partial charge on any atom is -0.506 e. The number of hydrogen-bond acceptors (Lipinski definition) is 7. The van der Waals surface area contributed by atoms with Crippen LogP contribution < -0.4 is 5.56 Å². The molecule has 1 aliphatic rings. The topological polar surface area (TPSA) is 116 Å². The Hall–Kier alpha value is -2.78. The van der Waals surface area contributed by atoms with Gasteiger partial charge in [0.1, 0.15) is 11.3 Å². The quantitative estimate of drug-likeness (QED) is 0.645. The van der Waals surface area contributed by atoms with Crippen LogP contribution in [0.4, 0.5) is 0 Å². The Morgan fingerprint density at radius 1 is 1.22 bits per heavy atom. The number of H-pyrrole nitrogens is 1. The molecule has 0 spiro atoms. The highest BCUT2D eigenvalue weighted by Gasteiger charge is 2.23. The molecule has 2 aromatic heterocycles. The summed E-state index contributed by atoms with van der Waals surface area (Å²) < 4.78 is 23.3. The van der Waals surface area contributed by atoms with Gasteiger partial charge in [-0.3, -0.25) is 14.7 Å². The first-order chi connectivity index (χ1) is 12.8. The third kappa shape index (κ3) is 3.43. The van der Waals surface area contributed by atoms with Gasteiger partial charge in [-0.2, -0.15) is 0 Å². The number of nitrogens with zero attached hydrogens (tertiary/aromatic N) is 3. The number of rotatable bonds is 3. The van der Waals surface area contributed by atoms with Gasteiger partial charge in [0.2, 0.25) is 15.0 Å². The van der Waals surface area contributed by atoms with Gasteiger partial charge in [-0.05, 0) is 12.1 Å². The van der Waals surface area contributed by atoms with Crippen LogP contribution in [-0.4, -0.2) is 46.2 Å². The fraction of sp³-hybridized carbons (Fsp3) is 0.278. The van der Waals surface area contributed by atoms with Crippen molar-refractivity contribution in [3.05, 3.63) is 57.6 Å². The fourth-order valence-corrected chi connectivity index (χ4v) is 3.81. The van der Waals surface area contributed by atoms with Crippen molar-refractivity contribution < 1.29 is 13.5 Å². The summed E-state index contributed by atoms with van der Waals surface area (Å²) in [6, 6.07) is 9.05. The number of benzene rings is 1. The van der Waals surface area contributed by atoms with Gasteiger partial charge in [-0.25, -0.2) is 18.4 Å². The summed E-state index contributed by atoms with van der Waals surface area (Å²) in [6.07, 6.45) is 1.51. The molecule has 0 fully saturated rings. The van der Waals surface area contributed by atoms with E-state index in [9.17, 15) is 18.3 Å². The molecule has 27 heavy (non-hydrogen) atoms. The normalized spacial score (nSPS) is 15.0. The van der Waals surface area contributed by atoms with E-state index in [0.29, 0.717) is 42.8 Å². The molecule has 140 valence electrons. The van der Waals surface area contributed by atoms with Crippen LogP contribution >= 0.6 is 0 Å². The zero-order chi connectivity index (χ0) is 19.2. The smallest absolute Gasteiger partial charge is 0.256 e. The largest absolute Gasteiger partial charge is 0.506 e. The molecular formula is C18H18N4O4S. The Morgan fingerprint density at radius 3 is 2.81 bits per heavy atom. The first-order valence-corrected chi connectivity index (χ1v) is 10.3. The van der Waals surface area contributed by atoms with Gasteiger partial charge in [-0.1, -0.05) is 18.2 Å². The number of aromatic hydroxyl groups is 1. The molecule has 8 nitrogen and oxygen atoms in total. The second-order valence-electron chi connectivity index (χ2n) is 6.68. The van der Waals surface area contributed by atoms with E-state index in [1.807, 2.05) is 23.1 Å². The lowest BCUT2D eigenvalue weighted by atomic mass is 10.1. The zero-order valence-electron chi connectivity index (χ0n) is 14.6. The Kier molecular flexibility index (Phi) is 4.20. The van der Waals surface area contributed by atoms with Gasteiger partial charge >= 0.3 is 0 Å². The molecule has 1 aliphatic heterocycles. The van der Waals surface area contributed by atoms with Gasteiger partial charge in [-0.15, -0.1) is 0 Å². The van der Waals surface area contributed by atoms with Crippen molar-refractivity contribution >= 4 is 20.7 Å². The monoisotopic (exact) mass is 386 g/mol. The summed E-state index contributed by atoms with van der Waals surface area (Å²) in [5.74, 6) is 0.132. The maximum absolute atomic E-state index is 12.3. The van der Waals surface area contributed by atoms with E-state index >= 15 is 0 Å². The Labute approximate surface area is 155 Å². The van der Waals surface area contributed by atoms with E-state index in [1.54, 1.807) is 12.1 Å². The molecule has 0 radical (unpaired) electrons. The van der Waals surface area contributed by atoms with Crippen molar-refractivity contribution in [3.8, 4) is 5.75 Å². The van der Waals surface area contributed by atoms with E-state index in [2.05, 4.69) is 15.0 Å². The van der Waals surface area contributed by atoms with Crippen molar-refractivity contribution in [2.24, 2.45) is 0 Å². The first kappa shape index (κ1) is 17.6. The molecule has 0 bridgehead atoms. The van der Waals surface area contributed by atoms with E-state index in [-0.39, 0.29) is 10.9 Å². The molecule has 2 N–H and O–H groups in total. The highest BCUT2D eigenvalue weighted by Crippen LogP contribution is 2.23. The van der Waals surface area contributed by atoms with Crippen LogP contribution in [0, 0.1) is 0 Å². The average molecular weight is 386 g/mol. The maximum atomic E-state index is 12.3. The highest BCUT2D eigenvalue weighted by atomic mass is 32.2. The predicted octanol–water partition coefficient (Wildman–Crippen LogP) is 0.985. The Morgan fingerprint density at radius 2 is 2.04 bits per heavy atom. The summed E-state index contributed by atoms with van der Waals surface area (Å²) >= 11 is 0. The number of phenols is 1. The molecule has 4 rings (SSSR count). The van der Waals surface area contributed by atoms with Crippen molar-refractivity contribution in [1.29, 1.82) is 0 Å². The number of aromatic nitrogens is 3. The van der Waals surface area contributed by atoms with Crippen molar-refractivity contribution in [2.45, 2.75) is 24.7 Å². The molecule has 0 saturated carbocycles. The standard InChI is InChI=1S/C18H18N4O4S/c1-27(25,26)18-20-14-7-8-22(10-13(14)17(24)21-18)9-12-6-5-11-3-2-4-15(23)16(11)19-12/h2-6,23H,7-10H2,1H3,(H,20,21,24). The first-order valence-electron chi connectivity index (χ1n) is 8.43. The van der Waals surface area contributed by atoms with Crippen molar-refractivity contribution in [1.82, 2.24) is 19.9 Å². The van der Waals surface area contributed by atoms with Gasteiger partial charge in [0, 0.05) is 37.7 Å². The van der Waals surface area contributed by atoms with Crippen LogP contribution in [0.15, 0.2) is 40.3 Å². The van der Waals surface area contributed by atoms with E-state index in [4.69, 9.17) is 0 Å². The minimum absolute atomic E-state index is 0.132. The molecular weight excluding hydrogens is 368 g/mol. The van der Waals surface area contributed by atoms with Crippen LogP contribution in [0.3, 0.4) is 0 Å². The molecule has 0 saturated heterocycles. The third-order valence-electron chi connectivity index (χ3n) is 4.62. The average Bonchev–Trinajstić information content (AvgIpc) is 2.62. The molecule has 0 atom stereocenters. The molecule has 0 amide bonds. The third-order valence-corrected chi connectivity index (χ3v) is 5.52. The predicted molar refractivity (Wildman–Crippen MR) is 99.2 cm³/mol. The number of fused-ring (bicyclic) bond motifs is 2. The van der Waals surface area contributed by atoms with E-state index in [0.717, 1.165) is 17.3 Å². The fourth-order valence-electron chi connectivity index (χ4n) is 3.26. The summed E-state index contributed by atoms with van der Waals surface area (Å²) in [5.41, 5.74) is 1.92. The maximum Gasteiger partial charge on any atom is 0.256 e. The van der Waals surface area contributed by atoms with Gasteiger partial charge in [0.05, 0.1) is 17.0 Å². The van der Waals surface area contributed by atoms with Crippen molar-refractivity contribution in [3.63, 3.8) is 0 Å². The van der Waals surface area contributed by atoms with Crippen LogP contribution in [0.25, 0.3) is 10.9 Å². The van der Waals surface area contributed by atoms with Gasteiger partial charge in [0.15, 0.2) is 0 Å². The Bertz CT molecular complexity index is 1200. The summed E-state index contributed by atoms with van der Waals surface area (Å²) in [6.45, 7) is 1.51. The van der Waals surface area contributed by atoms with Crippen LogP contribution in [-0.2, 0) is 29.3 Å². The van der Waals surface area contributed by atoms with Gasteiger partial charge in [0.25, 0.3) is 5.56 Å². The molecule has 0 unspecified atom stereocenters. The van der Waals surface area contributed by atoms with Crippen LogP contribution in [0.5, 0.6) is 5.75 Å². The van der Waals surface area contributed by atoms with Crippen LogP contribution in [0.2, 0.25) is 0 Å². The lowest BCUT2D eigenvalue weighted by Gasteiger charge is -2.27. The summed E-state index contributed by atoms with van der Waals surface area (Å²) in [4.78, 5) is 25.4. The lowest BCUT2D eigenvalue weighted by Crippen LogP contribution is -2.36. The summed E-state index contributed by atoms with van der Waals surface area (Å²) in [7, 11) is -3.56. The molecule has 3 aromatic rings. The number of phenolic OH excluding ortho intramolecular Hbond substituents is 1. The van der Waals surface area contributed by atoms with E-state index < -0.39 is 15.4 Å². The minimum atomic E-state index is -3.56. The lowest BCUT2D eigenvalue weighted by molar-refractivity contribution is 0.238. The zero-order valence-corrected chi connectivity index (χ0v) is 15.5. The number of nitrogens with one attached hydrogen (secondary N) is 1. The molecule has 0 aliphatic carbocycles. The number of hydrogen-bond donors (Lipinski definition) is 2. The molecule has 1 aromatic carbocycles. The highest BCUT2D eigenvalue weighted by molar-refractivity contribution is 7.90. The van der Waals surface area contributed by atoms with Crippen LogP contribution in [0.1, 0.15) is 17.0 Å². The van der Waals surface area contributed by atoms with Crippen molar-refractivity contribution in [2.75, 3.05) is 12.8 Å². The second kappa shape index (κ2) is 6.43. The Balaban J connectivity index is 1.60. The van der Waals surface area contributed by atoms with Gasteiger partial charge < -0.3 is 5.11 Å². The number of pyridine rings is 1. The number of para-hydroxylation sites is 1. The molecule has 3 heterocycles. The second-order valence-corrected chi connectivity index (χ2v) is 8.61. The number of aromatic amines is 1. The molecule has 9 heteroatoms. The number of sulfone groups is 1. The van der Waals surface area contributed by atoms with E-state index in [1.165, 1.54) is 0 Å².